The minimum absolute atomic E-state index is 0.0332. The van der Waals surface area contributed by atoms with Gasteiger partial charge in [-0.25, -0.2) is 4.98 Å². The lowest BCUT2D eigenvalue weighted by Gasteiger charge is -2.11. The third-order valence-corrected chi connectivity index (χ3v) is 3.54. The first kappa shape index (κ1) is 18.0. The van der Waals surface area contributed by atoms with E-state index in [0.717, 1.165) is 0 Å². The van der Waals surface area contributed by atoms with Gasteiger partial charge in [0.25, 0.3) is 11.6 Å². The third-order valence-electron chi connectivity index (χ3n) is 3.54. The highest BCUT2D eigenvalue weighted by molar-refractivity contribution is 5.93. The maximum Gasteiger partial charge on any atom is 0.269 e. The van der Waals surface area contributed by atoms with E-state index in [-0.39, 0.29) is 23.0 Å². The fraction of sp³-hybridized carbons (Fsp3) is 0.118. The Morgan fingerprint density at radius 1 is 1.15 bits per heavy atom. The molecule has 0 aliphatic carbocycles. The number of aliphatic hydroxyl groups is 1. The Morgan fingerprint density at radius 2 is 1.89 bits per heavy atom. The minimum atomic E-state index is -1.54. The molecule has 1 aromatic carbocycles. The number of non-ortho nitro benzene ring substituents is 1. The van der Waals surface area contributed by atoms with E-state index in [1.807, 2.05) is 0 Å². The highest BCUT2D eigenvalue weighted by Gasteiger charge is 2.20. The van der Waals surface area contributed by atoms with E-state index in [0.29, 0.717) is 11.5 Å². The van der Waals surface area contributed by atoms with E-state index in [1.165, 1.54) is 24.3 Å². The molecule has 3 rings (SSSR count). The zero-order valence-corrected chi connectivity index (χ0v) is 14.1. The van der Waals surface area contributed by atoms with Crippen molar-refractivity contribution in [3.63, 3.8) is 0 Å². The molecule has 0 saturated heterocycles. The molecule has 10 nitrogen and oxygen atoms in total. The van der Waals surface area contributed by atoms with Crippen molar-refractivity contribution in [3.05, 3.63) is 70.2 Å². The zero-order valence-electron chi connectivity index (χ0n) is 14.1. The number of anilines is 1. The number of aliphatic hydroxyl groups excluding tert-OH is 1. The van der Waals surface area contributed by atoms with Crippen molar-refractivity contribution in [2.75, 3.05) is 5.32 Å². The molecule has 2 N–H and O–H groups in total. The van der Waals surface area contributed by atoms with Crippen LogP contribution in [0.25, 0.3) is 11.5 Å². The number of hydrogen-bond donors (Lipinski definition) is 2. The van der Waals surface area contributed by atoms with Gasteiger partial charge in [0.1, 0.15) is 11.5 Å². The van der Waals surface area contributed by atoms with Crippen molar-refractivity contribution >= 4 is 17.5 Å². The van der Waals surface area contributed by atoms with Crippen LogP contribution in [0, 0.1) is 17.0 Å². The molecule has 10 heteroatoms. The van der Waals surface area contributed by atoms with Crippen molar-refractivity contribution < 1.29 is 14.8 Å². The van der Waals surface area contributed by atoms with Crippen molar-refractivity contribution in [1.29, 1.82) is 0 Å². The molecule has 3 aromatic rings. The molecule has 0 bridgehead atoms. The van der Waals surface area contributed by atoms with E-state index in [4.69, 9.17) is 0 Å². The van der Waals surface area contributed by atoms with E-state index >= 15 is 0 Å². The van der Waals surface area contributed by atoms with Crippen LogP contribution < -0.4 is 5.32 Å². The van der Waals surface area contributed by atoms with E-state index in [2.05, 4.69) is 25.3 Å². The number of amides is 1. The summed E-state index contributed by atoms with van der Waals surface area (Å²) in [6.07, 6.45) is 0.0478. The molecule has 0 aliphatic rings. The Morgan fingerprint density at radius 3 is 2.52 bits per heavy atom. The number of aromatic nitrogens is 4. The average Bonchev–Trinajstić information content (AvgIpc) is 2.67. The molecule has 0 saturated carbocycles. The first-order valence-corrected chi connectivity index (χ1v) is 7.81. The van der Waals surface area contributed by atoms with Crippen LogP contribution in [0.5, 0.6) is 0 Å². The first-order chi connectivity index (χ1) is 12.9. The van der Waals surface area contributed by atoms with Crippen LogP contribution in [-0.4, -0.2) is 35.9 Å². The van der Waals surface area contributed by atoms with Gasteiger partial charge in [0, 0.05) is 18.3 Å². The summed E-state index contributed by atoms with van der Waals surface area (Å²) < 4.78 is 0. The van der Waals surface area contributed by atoms with Gasteiger partial charge in [-0.05, 0) is 36.8 Å². The summed E-state index contributed by atoms with van der Waals surface area (Å²) in [5.74, 6) is -0.162. The summed E-state index contributed by atoms with van der Waals surface area (Å²) in [6, 6.07) is 10.3. The van der Waals surface area contributed by atoms with Gasteiger partial charge < -0.3 is 5.11 Å². The molecule has 1 unspecified atom stereocenters. The second-order valence-electron chi connectivity index (χ2n) is 5.49. The molecule has 136 valence electrons. The number of aryl methyl sites for hydroxylation is 1. The number of rotatable bonds is 5. The van der Waals surface area contributed by atoms with Gasteiger partial charge in [0.2, 0.25) is 5.95 Å². The Balaban J connectivity index is 1.79. The van der Waals surface area contributed by atoms with E-state index in [1.54, 1.807) is 31.3 Å². The summed E-state index contributed by atoms with van der Waals surface area (Å²) in [5, 5.41) is 23.3. The fourth-order valence-corrected chi connectivity index (χ4v) is 2.26. The molecule has 1 atom stereocenters. The number of nitrogens with zero attached hydrogens (tertiary/aromatic N) is 5. The molecule has 2 heterocycles. The Kier molecular flexibility index (Phi) is 5.08. The smallest absolute Gasteiger partial charge is 0.269 e. The van der Waals surface area contributed by atoms with E-state index < -0.39 is 16.9 Å². The molecule has 0 fully saturated rings. The molecule has 27 heavy (non-hydrogen) atoms. The highest BCUT2D eigenvalue weighted by atomic mass is 16.6. The van der Waals surface area contributed by atoms with Crippen molar-refractivity contribution in [2.24, 2.45) is 0 Å². The number of benzene rings is 1. The first-order valence-electron chi connectivity index (χ1n) is 7.81. The normalized spacial score (nSPS) is 11.6. The van der Waals surface area contributed by atoms with Crippen LogP contribution in [0.4, 0.5) is 11.6 Å². The second kappa shape index (κ2) is 7.62. The molecule has 1 amide bonds. The summed E-state index contributed by atoms with van der Waals surface area (Å²) in [7, 11) is 0. The third kappa shape index (κ3) is 4.25. The fourth-order valence-electron chi connectivity index (χ4n) is 2.26. The van der Waals surface area contributed by atoms with Gasteiger partial charge in [-0.3, -0.25) is 25.2 Å². The van der Waals surface area contributed by atoms with Gasteiger partial charge in [0.05, 0.1) is 4.92 Å². The summed E-state index contributed by atoms with van der Waals surface area (Å²) >= 11 is 0. The summed E-state index contributed by atoms with van der Waals surface area (Å²) in [5.41, 5.74) is 0.572. The topological polar surface area (TPSA) is 144 Å². The predicted molar refractivity (Wildman–Crippen MR) is 94.5 cm³/mol. The van der Waals surface area contributed by atoms with Crippen molar-refractivity contribution in [3.8, 4) is 11.5 Å². The van der Waals surface area contributed by atoms with Gasteiger partial charge in [-0.1, -0.05) is 6.07 Å². The van der Waals surface area contributed by atoms with Crippen LogP contribution in [0.2, 0.25) is 0 Å². The number of nitrogens with one attached hydrogen (secondary N) is 1. The number of hydrogen-bond acceptors (Lipinski definition) is 8. The van der Waals surface area contributed by atoms with Crippen LogP contribution in [-0.2, 0) is 4.79 Å². The number of carbonyl (C=O) groups excluding carboxylic acids is 1. The number of carbonyl (C=O) groups is 1. The SMILES string of the molecule is Cc1nc(NC(=O)C(O)c2ccc([N+](=O)[O-])cc2)nc(-c2ccccn2)n1. The van der Waals surface area contributed by atoms with Crippen molar-refractivity contribution in [2.45, 2.75) is 13.0 Å². The molecular weight excluding hydrogens is 352 g/mol. The maximum absolute atomic E-state index is 12.3. The largest absolute Gasteiger partial charge is 0.378 e. The van der Waals surface area contributed by atoms with Crippen molar-refractivity contribution in [1.82, 2.24) is 19.9 Å². The Bertz CT molecular complexity index is 978. The quantitative estimate of drug-likeness (QED) is 0.514. The Labute approximate surface area is 153 Å². The lowest BCUT2D eigenvalue weighted by atomic mass is 10.1. The monoisotopic (exact) mass is 366 g/mol. The van der Waals surface area contributed by atoms with E-state index in [9.17, 15) is 20.0 Å². The number of pyridine rings is 1. The average molecular weight is 366 g/mol. The zero-order chi connectivity index (χ0) is 19.4. The Hall–Kier alpha value is -3.79. The van der Waals surface area contributed by atoms with Gasteiger partial charge in [-0.2, -0.15) is 9.97 Å². The second-order valence-corrected chi connectivity index (χ2v) is 5.49. The van der Waals surface area contributed by atoms with Gasteiger partial charge in [-0.15, -0.1) is 0 Å². The molecule has 0 spiro atoms. The molecule has 0 radical (unpaired) electrons. The maximum atomic E-state index is 12.3. The number of nitro groups is 1. The van der Waals surface area contributed by atoms with Crippen LogP contribution in [0.15, 0.2) is 48.7 Å². The number of nitro benzene ring substituents is 1. The summed E-state index contributed by atoms with van der Waals surface area (Å²) in [4.78, 5) is 38.9. The van der Waals surface area contributed by atoms with Crippen LogP contribution in [0.1, 0.15) is 17.5 Å². The lowest BCUT2D eigenvalue weighted by molar-refractivity contribution is -0.384. The molecule has 0 aliphatic heterocycles. The standard InChI is InChI=1S/C17H14N6O4/c1-10-19-15(13-4-2-3-9-18-13)21-17(20-10)22-16(25)14(24)11-5-7-12(8-6-11)23(26)27/h2-9,14,24H,1H3,(H,19,20,21,22,25). The predicted octanol–water partition coefficient (Wildman–Crippen LogP) is 1.82. The van der Waals surface area contributed by atoms with Crippen LogP contribution in [0.3, 0.4) is 0 Å². The lowest BCUT2D eigenvalue weighted by Crippen LogP contribution is -2.22. The molecule has 2 aromatic heterocycles. The van der Waals surface area contributed by atoms with Gasteiger partial charge in [0.15, 0.2) is 11.9 Å². The van der Waals surface area contributed by atoms with Crippen LogP contribution >= 0.6 is 0 Å². The van der Waals surface area contributed by atoms with Gasteiger partial charge >= 0.3 is 0 Å². The highest BCUT2D eigenvalue weighted by Crippen LogP contribution is 2.19. The minimum Gasteiger partial charge on any atom is -0.378 e. The summed E-state index contributed by atoms with van der Waals surface area (Å²) in [6.45, 7) is 1.64. The molecular formula is C17H14N6O4.